The quantitative estimate of drug-likeness (QED) is 0.686. The van der Waals surface area contributed by atoms with Gasteiger partial charge in [0.25, 0.3) is 0 Å². The molecule has 3 heterocycles. The zero-order valence-electron chi connectivity index (χ0n) is 19.2. The van der Waals surface area contributed by atoms with Crippen molar-refractivity contribution in [2.24, 2.45) is 5.41 Å². The number of hydrogen-bond donors (Lipinski definition) is 2. The molecule has 176 valence electrons. The zero-order chi connectivity index (χ0) is 23.9. The Hall–Kier alpha value is -3.68. The van der Waals surface area contributed by atoms with Gasteiger partial charge in [-0.25, -0.2) is 4.79 Å². The fourth-order valence-corrected chi connectivity index (χ4v) is 5.68. The van der Waals surface area contributed by atoms with Crippen LogP contribution in [0.5, 0.6) is 0 Å². The summed E-state index contributed by atoms with van der Waals surface area (Å²) in [5, 5.41) is 5.30. The fraction of sp³-hybridized carbons (Fsp3) is 0.385. The van der Waals surface area contributed by atoms with E-state index in [4.69, 9.17) is 0 Å². The van der Waals surface area contributed by atoms with Crippen molar-refractivity contribution in [2.45, 2.75) is 51.6 Å². The molecule has 5 rings (SSSR count). The second kappa shape index (κ2) is 8.59. The maximum atomic E-state index is 14.1. The van der Waals surface area contributed by atoms with Crippen LogP contribution in [0.1, 0.15) is 43.7 Å². The predicted molar refractivity (Wildman–Crippen MR) is 127 cm³/mol. The molecule has 0 radical (unpaired) electrons. The molecule has 34 heavy (non-hydrogen) atoms. The van der Waals surface area contributed by atoms with Crippen LogP contribution in [0.15, 0.2) is 48.5 Å². The van der Waals surface area contributed by atoms with Gasteiger partial charge in [0.2, 0.25) is 17.7 Å². The molecule has 5 amide bonds. The van der Waals surface area contributed by atoms with E-state index >= 15 is 0 Å². The molecule has 2 saturated heterocycles. The first kappa shape index (κ1) is 22.1. The Labute approximate surface area is 198 Å². The Morgan fingerprint density at radius 2 is 1.88 bits per heavy atom. The number of rotatable bonds is 3. The van der Waals surface area contributed by atoms with E-state index in [9.17, 15) is 19.2 Å². The zero-order valence-corrected chi connectivity index (χ0v) is 19.2. The van der Waals surface area contributed by atoms with Crippen molar-refractivity contribution < 1.29 is 19.2 Å². The predicted octanol–water partition coefficient (Wildman–Crippen LogP) is 3.22. The van der Waals surface area contributed by atoms with E-state index in [0.717, 1.165) is 42.6 Å². The van der Waals surface area contributed by atoms with Crippen molar-refractivity contribution in [2.75, 3.05) is 16.8 Å². The Morgan fingerprint density at radius 1 is 1.09 bits per heavy atom. The van der Waals surface area contributed by atoms with Crippen LogP contribution in [0, 0.1) is 5.41 Å². The average Bonchev–Trinajstić information content (AvgIpc) is 3.07. The molecule has 2 aromatic rings. The third kappa shape index (κ3) is 3.63. The molecular formula is C26H28N4O4. The monoisotopic (exact) mass is 460 g/mol. The summed E-state index contributed by atoms with van der Waals surface area (Å²) in [6.45, 7) is 2.27. The molecule has 3 aliphatic rings. The molecule has 0 aromatic heterocycles. The largest absolute Gasteiger partial charge is 0.367 e. The van der Waals surface area contributed by atoms with Crippen LogP contribution in [-0.4, -0.2) is 41.2 Å². The van der Waals surface area contributed by atoms with E-state index in [-0.39, 0.29) is 24.9 Å². The minimum atomic E-state index is -1.41. The minimum absolute atomic E-state index is 0.103. The Kier molecular flexibility index (Phi) is 5.59. The number of imide groups is 2. The van der Waals surface area contributed by atoms with E-state index in [0.29, 0.717) is 12.1 Å². The highest BCUT2D eigenvalue weighted by molar-refractivity contribution is 6.20. The minimum Gasteiger partial charge on any atom is -0.367 e. The molecule has 0 bridgehead atoms. The number of amides is 5. The lowest BCUT2D eigenvalue weighted by atomic mass is 9.67. The number of fused-ring (bicyclic) bond motifs is 4. The number of benzene rings is 2. The van der Waals surface area contributed by atoms with Gasteiger partial charge in [0, 0.05) is 24.8 Å². The molecule has 2 atom stereocenters. The first-order valence-corrected chi connectivity index (χ1v) is 11.8. The SMILES string of the molecule is CC(=O)Nc1ccc2c(c1)C[C@]1(C(=O)NC(=O)N(Cc3ccccc3)C1=O)[C@H]1CCCCCN21. The number of nitrogens with one attached hydrogen (secondary N) is 2. The van der Waals surface area contributed by atoms with Gasteiger partial charge in [0.05, 0.1) is 12.6 Å². The van der Waals surface area contributed by atoms with Crippen LogP contribution in [0.4, 0.5) is 16.2 Å². The Bertz CT molecular complexity index is 1160. The normalized spacial score (nSPS) is 24.3. The molecule has 8 nitrogen and oxygen atoms in total. The summed E-state index contributed by atoms with van der Waals surface area (Å²) in [4.78, 5) is 55.5. The van der Waals surface area contributed by atoms with E-state index in [1.807, 2.05) is 48.5 Å². The highest BCUT2D eigenvalue weighted by atomic mass is 16.2. The van der Waals surface area contributed by atoms with Crippen LogP contribution >= 0.6 is 0 Å². The van der Waals surface area contributed by atoms with Crippen LogP contribution < -0.4 is 15.5 Å². The van der Waals surface area contributed by atoms with E-state index in [1.54, 1.807) is 0 Å². The molecule has 8 heteroatoms. The van der Waals surface area contributed by atoms with Crippen molar-refractivity contribution >= 4 is 35.1 Å². The molecular weight excluding hydrogens is 432 g/mol. The summed E-state index contributed by atoms with van der Waals surface area (Å²) in [6, 6.07) is 14.0. The number of urea groups is 1. The number of barbiturate groups is 1. The van der Waals surface area contributed by atoms with E-state index < -0.39 is 23.3 Å². The maximum absolute atomic E-state index is 14.1. The van der Waals surface area contributed by atoms with Gasteiger partial charge in [-0.1, -0.05) is 43.2 Å². The van der Waals surface area contributed by atoms with Gasteiger partial charge >= 0.3 is 6.03 Å². The molecule has 2 fully saturated rings. The first-order chi connectivity index (χ1) is 16.4. The van der Waals surface area contributed by atoms with Crippen molar-refractivity contribution in [1.82, 2.24) is 10.2 Å². The highest BCUT2D eigenvalue weighted by Gasteiger charge is 2.61. The summed E-state index contributed by atoms with van der Waals surface area (Å²) in [5.74, 6) is -1.17. The van der Waals surface area contributed by atoms with Gasteiger partial charge in [-0.3, -0.25) is 24.6 Å². The van der Waals surface area contributed by atoms with Crippen LogP contribution in [-0.2, 0) is 27.3 Å². The number of carbonyl (C=O) groups excluding carboxylic acids is 4. The lowest BCUT2D eigenvalue weighted by molar-refractivity contribution is -0.154. The van der Waals surface area contributed by atoms with Crippen molar-refractivity contribution in [1.29, 1.82) is 0 Å². The van der Waals surface area contributed by atoms with Crippen molar-refractivity contribution in [3.8, 4) is 0 Å². The molecule has 0 saturated carbocycles. The average molecular weight is 461 g/mol. The maximum Gasteiger partial charge on any atom is 0.331 e. The van der Waals surface area contributed by atoms with Gasteiger partial charge in [-0.2, -0.15) is 0 Å². The van der Waals surface area contributed by atoms with Crippen LogP contribution in [0.2, 0.25) is 0 Å². The first-order valence-electron chi connectivity index (χ1n) is 11.8. The Balaban J connectivity index is 1.60. The van der Waals surface area contributed by atoms with E-state index in [2.05, 4.69) is 15.5 Å². The van der Waals surface area contributed by atoms with E-state index in [1.165, 1.54) is 11.8 Å². The van der Waals surface area contributed by atoms with Gasteiger partial charge < -0.3 is 10.2 Å². The molecule has 0 unspecified atom stereocenters. The van der Waals surface area contributed by atoms with Crippen LogP contribution in [0.3, 0.4) is 0 Å². The van der Waals surface area contributed by atoms with Gasteiger partial charge in [0.1, 0.15) is 0 Å². The second-order valence-electron chi connectivity index (χ2n) is 9.37. The summed E-state index contributed by atoms with van der Waals surface area (Å²) in [6.07, 6.45) is 3.77. The Morgan fingerprint density at radius 3 is 2.65 bits per heavy atom. The molecule has 1 spiro atoms. The van der Waals surface area contributed by atoms with Gasteiger partial charge in [-0.15, -0.1) is 0 Å². The molecule has 0 aliphatic carbocycles. The summed E-state index contributed by atoms with van der Waals surface area (Å²) < 4.78 is 0. The summed E-state index contributed by atoms with van der Waals surface area (Å²) in [5.41, 5.74) is 1.84. The molecule has 2 N–H and O–H groups in total. The van der Waals surface area contributed by atoms with Gasteiger partial charge in [0.15, 0.2) is 5.41 Å². The lowest BCUT2D eigenvalue weighted by Crippen LogP contribution is -2.71. The number of anilines is 2. The van der Waals surface area contributed by atoms with Crippen LogP contribution in [0.25, 0.3) is 0 Å². The smallest absolute Gasteiger partial charge is 0.331 e. The lowest BCUT2D eigenvalue weighted by Gasteiger charge is -2.51. The standard InChI is InChI=1S/C26H28N4O4/c1-17(31)27-20-11-12-21-19(14-20)15-26(22-10-6-3-7-13-29(21)22)23(32)28-25(34)30(24(26)33)16-18-8-4-2-5-9-18/h2,4-5,8-9,11-12,14,22H,3,6-7,10,13,15-16H2,1H3,(H,27,31)(H,28,32,34)/t22-,26-/m1/s1. The van der Waals surface area contributed by atoms with Crippen molar-refractivity contribution in [3.05, 3.63) is 59.7 Å². The molecule has 3 aliphatic heterocycles. The third-order valence-electron chi connectivity index (χ3n) is 7.18. The third-order valence-corrected chi connectivity index (χ3v) is 7.18. The summed E-state index contributed by atoms with van der Waals surface area (Å²) >= 11 is 0. The fourth-order valence-electron chi connectivity index (χ4n) is 5.68. The number of nitrogens with zero attached hydrogens (tertiary/aromatic N) is 2. The second-order valence-corrected chi connectivity index (χ2v) is 9.37. The topological polar surface area (TPSA) is 98.8 Å². The number of hydrogen-bond acceptors (Lipinski definition) is 5. The highest BCUT2D eigenvalue weighted by Crippen LogP contribution is 2.47. The summed E-state index contributed by atoms with van der Waals surface area (Å²) in [7, 11) is 0. The number of carbonyl (C=O) groups is 4. The molecule has 2 aromatic carbocycles. The van der Waals surface area contributed by atoms with Gasteiger partial charge in [-0.05, 0) is 48.6 Å². The van der Waals surface area contributed by atoms with Crippen molar-refractivity contribution in [3.63, 3.8) is 0 Å².